The van der Waals surface area contributed by atoms with E-state index in [1.165, 1.54) is 0 Å². The molecule has 142 valence electrons. The zero-order valence-electron chi connectivity index (χ0n) is 16.4. The van der Waals surface area contributed by atoms with Crippen LogP contribution >= 0.6 is 0 Å². The number of rotatable bonds is 10. The predicted molar refractivity (Wildman–Crippen MR) is 108 cm³/mol. The van der Waals surface area contributed by atoms with Gasteiger partial charge in [-0.05, 0) is 38.3 Å². The number of anilines is 1. The first-order valence-electron chi connectivity index (χ1n) is 9.65. The van der Waals surface area contributed by atoms with Crippen LogP contribution in [0.3, 0.4) is 0 Å². The lowest BCUT2D eigenvalue weighted by atomic mass is 10.0. The summed E-state index contributed by atoms with van der Waals surface area (Å²) in [5, 5.41) is 5.04. The molecule has 0 radical (unpaired) electrons. The van der Waals surface area contributed by atoms with Crippen molar-refractivity contribution in [2.75, 3.05) is 18.5 Å². The number of hydrogen-bond donors (Lipinski definition) is 1. The first-order valence-corrected chi connectivity index (χ1v) is 9.65. The van der Waals surface area contributed by atoms with E-state index in [4.69, 9.17) is 9.47 Å². The summed E-state index contributed by atoms with van der Waals surface area (Å²) in [5.74, 6) is 0.741. The molecule has 0 saturated carbocycles. The predicted octanol–water partition coefficient (Wildman–Crippen LogP) is 5.55. The van der Waals surface area contributed by atoms with Crippen LogP contribution in [-0.2, 0) is 9.53 Å². The van der Waals surface area contributed by atoms with Gasteiger partial charge in [0.15, 0.2) is 0 Å². The minimum atomic E-state index is -0.826. The Balaban J connectivity index is 2.27. The Morgan fingerprint density at radius 2 is 1.73 bits per heavy atom. The van der Waals surface area contributed by atoms with Crippen molar-refractivity contribution in [3.05, 3.63) is 36.4 Å². The Morgan fingerprint density at radius 3 is 2.38 bits per heavy atom. The lowest BCUT2D eigenvalue weighted by Gasteiger charge is -2.27. The molecule has 1 amide bonds. The molecule has 0 fully saturated rings. The fourth-order valence-electron chi connectivity index (χ4n) is 2.74. The van der Waals surface area contributed by atoms with E-state index in [0.29, 0.717) is 19.6 Å². The van der Waals surface area contributed by atoms with E-state index >= 15 is 0 Å². The monoisotopic (exact) mass is 357 g/mol. The molecule has 4 heteroatoms. The molecule has 26 heavy (non-hydrogen) atoms. The molecule has 0 heterocycles. The number of carbonyl (C=O) groups excluding carboxylic acids is 1. The zero-order chi connectivity index (χ0) is 19.0. The first-order chi connectivity index (χ1) is 12.6. The second-order valence-corrected chi connectivity index (χ2v) is 6.75. The van der Waals surface area contributed by atoms with Crippen molar-refractivity contribution in [1.29, 1.82) is 0 Å². The van der Waals surface area contributed by atoms with Gasteiger partial charge in [0.05, 0.1) is 6.61 Å². The molecular formula is C22H31NO3. The molecule has 2 rings (SSSR count). The minimum Gasteiger partial charge on any atom is -0.493 e. The van der Waals surface area contributed by atoms with Crippen LogP contribution in [0.2, 0.25) is 0 Å². The molecule has 1 atom stereocenters. The molecule has 2 aromatic carbocycles. The van der Waals surface area contributed by atoms with E-state index in [0.717, 1.165) is 41.5 Å². The Bertz CT molecular complexity index is 728. The maximum Gasteiger partial charge on any atom is 0.256 e. The summed E-state index contributed by atoms with van der Waals surface area (Å²) in [4.78, 5) is 12.8. The van der Waals surface area contributed by atoms with Gasteiger partial charge in [-0.3, -0.25) is 4.79 Å². The highest BCUT2D eigenvalue weighted by Crippen LogP contribution is 2.32. The lowest BCUT2D eigenvalue weighted by Crippen LogP contribution is -2.42. The fourth-order valence-corrected chi connectivity index (χ4v) is 2.74. The summed E-state index contributed by atoms with van der Waals surface area (Å²) >= 11 is 0. The second kappa shape index (κ2) is 9.58. The fraction of sp³-hybridized carbons (Fsp3) is 0.500. The van der Waals surface area contributed by atoms with Crippen molar-refractivity contribution in [1.82, 2.24) is 0 Å². The van der Waals surface area contributed by atoms with Crippen molar-refractivity contribution in [3.8, 4) is 5.75 Å². The third-order valence-electron chi connectivity index (χ3n) is 4.67. The average molecular weight is 357 g/mol. The molecule has 0 spiro atoms. The largest absolute Gasteiger partial charge is 0.493 e. The standard InChI is InChI=1S/C22H31NO3/c1-5-8-16-25-20-14-13-19(17-11-9-10-12-18(17)20)23-21(24)22(4,7-3)26-15-6-2/h9-14H,5-8,15-16H2,1-4H3,(H,23,24)/t22-/m1/s1. The second-order valence-electron chi connectivity index (χ2n) is 6.75. The number of amides is 1. The molecular weight excluding hydrogens is 326 g/mol. The third-order valence-corrected chi connectivity index (χ3v) is 4.67. The quantitative estimate of drug-likeness (QED) is 0.567. The van der Waals surface area contributed by atoms with Gasteiger partial charge < -0.3 is 14.8 Å². The van der Waals surface area contributed by atoms with Gasteiger partial charge in [0, 0.05) is 23.1 Å². The Hall–Kier alpha value is -2.07. The first kappa shape index (κ1) is 20.2. The average Bonchev–Trinajstić information content (AvgIpc) is 2.67. The van der Waals surface area contributed by atoms with E-state index in [-0.39, 0.29) is 5.91 Å². The lowest BCUT2D eigenvalue weighted by molar-refractivity contribution is -0.139. The van der Waals surface area contributed by atoms with E-state index < -0.39 is 5.60 Å². The smallest absolute Gasteiger partial charge is 0.256 e. The van der Waals surface area contributed by atoms with Gasteiger partial charge in [-0.15, -0.1) is 0 Å². The van der Waals surface area contributed by atoms with Crippen LogP contribution < -0.4 is 10.1 Å². The van der Waals surface area contributed by atoms with Crippen LogP contribution in [0.4, 0.5) is 5.69 Å². The SMILES string of the molecule is CCCCOc1ccc(NC(=O)[C@@](C)(CC)OCCC)c2ccccc12. The molecule has 0 unspecified atom stereocenters. The molecule has 2 aromatic rings. The normalized spacial score (nSPS) is 13.4. The highest BCUT2D eigenvalue weighted by atomic mass is 16.5. The summed E-state index contributed by atoms with van der Waals surface area (Å²) in [6.45, 7) is 9.28. The number of benzene rings is 2. The summed E-state index contributed by atoms with van der Waals surface area (Å²) in [6.07, 6.45) is 3.63. The topological polar surface area (TPSA) is 47.6 Å². The van der Waals surface area contributed by atoms with Gasteiger partial charge in [-0.1, -0.05) is 51.5 Å². The Kier molecular flexibility index (Phi) is 7.46. The summed E-state index contributed by atoms with van der Waals surface area (Å²) in [6, 6.07) is 11.8. The molecule has 0 aliphatic carbocycles. The zero-order valence-corrected chi connectivity index (χ0v) is 16.4. The molecule has 0 saturated heterocycles. The van der Waals surface area contributed by atoms with Gasteiger partial charge >= 0.3 is 0 Å². The maximum atomic E-state index is 12.8. The number of unbranched alkanes of at least 4 members (excludes halogenated alkanes) is 1. The van der Waals surface area contributed by atoms with Crippen molar-refractivity contribution in [2.24, 2.45) is 0 Å². The van der Waals surface area contributed by atoms with Crippen molar-refractivity contribution in [2.45, 2.75) is 59.0 Å². The van der Waals surface area contributed by atoms with E-state index in [9.17, 15) is 4.79 Å². The third kappa shape index (κ3) is 4.76. The number of ether oxygens (including phenoxy) is 2. The van der Waals surface area contributed by atoms with Crippen LogP contribution in [0.1, 0.15) is 53.4 Å². The molecule has 0 aliphatic rings. The van der Waals surface area contributed by atoms with Crippen molar-refractivity contribution in [3.63, 3.8) is 0 Å². The number of hydrogen-bond acceptors (Lipinski definition) is 3. The summed E-state index contributed by atoms with van der Waals surface area (Å²) in [5.41, 5.74) is -0.0406. The molecule has 0 aliphatic heterocycles. The highest BCUT2D eigenvalue weighted by molar-refractivity contribution is 6.06. The molecule has 4 nitrogen and oxygen atoms in total. The number of fused-ring (bicyclic) bond motifs is 1. The van der Waals surface area contributed by atoms with Crippen LogP contribution in [0.5, 0.6) is 5.75 Å². The van der Waals surface area contributed by atoms with E-state index in [1.54, 1.807) is 0 Å². The van der Waals surface area contributed by atoms with Crippen LogP contribution in [-0.4, -0.2) is 24.7 Å². The molecule has 0 aromatic heterocycles. The van der Waals surface area contributed by atoms with Gasteiger partial charge in [0.25, 0.3) is 5.91 Å². The number of nitrogens with one attached hydrogen (secondary N) is 1. The highest BCUT2D eigenvalue weighted by Gasteiger charge is 2.32. The van der Waals surface area contributed by atoms with Crippen molar-refractivity contribution >= 4 is 22.4 Å². The van der Waals surface area contributed by atoms with Gasteiger partial charge in [0.2, 0.25) is 0 Å². The van der Waals surface area contributed by atoms with Crippen LogP contribution in [0.15, 0.2) is 36.4 Å². The summed E-state index contributed by atoms with van der Waals surface area (Å²) < 4.78 is 11.8. The Morgan fingerprint density at radius 1 is 1.00 bits per heavy atom. The molecule has 0 bridgehead atoms. The Labute approximate surface area is 156 Å². The van der Waals surface area contributed by atoms with Crippen molar-refractivity contribution < 1.29 is 14.3 Å². The van der Waals surface area contributed by atoms with Gasteiger partial charge in [-0.25, -0.2) is 0 Å². The molecule has 1 N–H and O–H groups in total. The van der Waals surface area contributed by atoms with Gasteiger partial charge in [0.1, 0.15) is 11.4 Å². The van der Waals surface area contributed by atoms with Gasteiger partial charge in [-0.2, -0.15) is 0 Å². The van der Waals surface area contributed by atoms with E-state index in [1.807, 2.05) is 57.2 Å². The van der Waals surface area contributed by atoms with E-state index in [2.05, 4.69) is 12.2 Å². The minimum absolute atomic E-state index is 0.113. The van der Waals surface area contributed by atoms with Crippen LogP contribution in [0, 0.1) is 0 Å². The summed E-state index contributed by atoms with van der Waals surface area (Å²) in [7, 11) is 0. The number of carbonyl (C=O) groups is 1. The van der Waals surface area contributed by atoms with Crippen LogP contribution in [0.25, 0.3) is 10.8 Å². The maximum absolute atomic E-state index is 12.8.